The molecule has 0 aliphatic heterocycles. The Kier molecular flexibility index (Phi) is 6.78. The van der Waals surface area contributed by atoms with Crippen molar-refractivity contribution in [2.75, 3.05) is 24.7 Å². The highest BCUT2D eigenvalue weighted by atomic mass is 32.2. The van der Waals surface area contributed by atoms with Crippen LogP contribution in [0.5, 0.6) is 0 Å². The van der Waals surface area contributed by atoms with E-state index in [0.29, 0.717) is 35.2 Å². The molecule has 1 N–H and O–H groups in total. The van der Waals surface area contributed by atoms with E-state index >= 15 is 0 Å². The third-order valence-electron chi connectivity index (χ3n) is 3.45. The summed E-state index contributed by atoms with van der Waals surface area (Å²) < 4.78 is 5.04. The summed E-state index contributed by atoms with van der Waals surface area (Å²) in [5.41, 5.74) is 2.97. The predicted octanol–water partition coefficient (Wildman–Crippen LogP) is 3.41. The second kappa shape index (κ2) is 9.04. The number of carbonyl (C=O) groups is 1. The molecular formula is C18H20N4O2S. The van der Waals surface area contributed by atoms with Crippen LogP contribution in [-0.2, 0) is 9.53 Å². The van der Waals surface area contributed by atoms with Gasteiger partial charge < -0.3 is 10.1 Å². The second-order valence-electron chi connectivity index (χ2n) is 5.26. The summed E-state index contributed by atoms with van der Waals surface area (Å²) in [6, 6.07) is 10.0. The van der Waals surface area contributed by atoms with Gasteiger partial charge in [-0.1, -0.05) is 48.5 Å². The Labute approximate surface area is 151 Å². The standard InChI is InChI=1S/C18H20N4O2S/c1-4-15(23)24-10-9-20-17-14(11-19)16(21-18(22-17)25-3)13-7-5-12(2)6-8-13/h5-8H,4,9-10H2,1-3H3,(H,20,21,22). The van der Waals surface area contributed by atoms with Crippen LogP contribution in [0, 0.1) is 18.3 Å². The van der Waals surface area contributed by atoms with Crippen molar-refractivity contribution in [2.45, 2.75) is 25.4 Å². The molecule has 2 rings (SSSR count). The number of nitrogens with zero attached hydrogens (tertiary/aromatic N) is 3. The van der Waals surface area contributed by atoms with E-state index in [9.17, 15) is 10.1 Å². The lowest BCUT2D eigenvalue weighted by molar-refractivity contribution is -0.142. The zero-order valence-corrected chi connectivity index (χ0v) is 15.3. The lowest BCUT2D eigenvalue weighted by Gasteiger charge is -2.12. The van der Waals surface area contributed by atoms with Crippen molar-refractivity contribution in [3.63, 3.8) is 0 Å². The third kappa shape index (κ3) is 4.94. The Balaban J connectivity index is 2.29. The lowest BCUT2D eigenvalue weighted by Crippen LogP contribution is -2.15. The molecule has 0 bridgehead atoms. The molecule has 1 aromatic carbocycles. The topological polar surface area (TPSA) is 87.9 Å². The third-order valence-corrected chi connectivity index (χ3v) is 4.00. The van der Waals surface area contributed by atoms with Crippen molar-refractivity contribution in [3.8, 4) is 17.3 Å². The Bertz CT molecular complexity index is 785. The van der Waals surface area contributed by atoms with E-state index in [2.05, 4.69) is 21.4 Å². The Hall–Kier alpha value is -2.59. The van der Waals surface area contributed by atoms with Crippen LogP contribution in [0.2, 0.25) is 0 Å². The number of aromatic nitrogens is 2. The number of rotatable bonds is 7. The molecule has 0 atom stereocenters. The monoisotopic (exact) mass is 356 g/mol. The molecule has 0 spiro atoms. The number of aryl methyl sites for hydroxylation is 1. The number of anilines is 1. The molecule has 25 heavy (non-hydrogen) atoms. The van der Waals surface area contributed by atoms with Gasteiger partial charge in [0.15, 0.2) is 5.16 Å². The average molecular weight is 356 g/mol. The summed E-state index contributed by atoms with van der Waals surface area (Å²) in [7, 11) is 0. The zero-order chi connectivity index (χ0) is 18.2. The number of nitrogens with one attached hydrogen (secondary N) is 1. The van der Waals surface area contributed by atoms with Crippen LogP contribution in [0.3, 0.4) is 0 Å². The van der Waals surface area contributed by atoms with E-state index in [-0.39, 0.29) is 12.6 Å². The van der Waals surface area contributed by atoms with Gasteiger partial charge in [-0.2, -0.15) is 5.26 Å². The van der Waals surface area contributed by atoms with Crippen molar-refractivity contribution in [1.29, 1.82) is 5.26 Å². The number of nitriles is 1. The fourth-order valence-corrected chi connectivity index (χ4v) is 2.49. The molecule has 0 amide bonds. The molecule has 2 aromatic rings. The van der Waals surface area contributed by atoms with Gasteiger partial charge in [0.2, 0.25) is 0 Å². The van der Waals surface area contributed by atoms with Gasteiger partial charge in [0.1, 0.15) is 24.1 Å². The summed E-state index contributed by atoms with van der Waals surface area (Å²) in [6.45, 7) is 4.34. The van der Waals surface area contributed by atoms with Gasteiger partial charge in [-0.15, -0.1) is 0 Å². The summed E-state index contributed by atoms with van der Waals surface area (Å²) in [5.74, 6) is 0.195. The maximum atomic E-state index is 11.2. The second-order valence-corrected chi connectivity index (χ2v) is 6.03. The van der Waals surface area contributed by atoms with Gasteiger partial charge >= 0.3 is 5.97 Å². The molecule has 1 heterocycles. The Morgan fingerprint density at radius 1 is 1.32 bits per heavy atom. The Morgan fingerprint density at radius 3 is 2.64 bits per heavy atom. The molecule has 7 heteroatoms. The van der Waals surface area contributed by atoms with Crippen LogP contribution < -0.4 is 5.32 Å². The van der Waals surface area contributed by atoms with E-state index in [1.165, 1.54) is 11.8 Å². The zero-order valence-electron chi connectivity index (χ0n) is 14.5. The molecule has 6 nitrogen and oxygen atoms in total. The van der Waals surface area contributed by atoms with E-state index in [1.807, 2.05) is 37.4 Å². The van der Waals surface area contributed by atoms with Gasteiger partial charge in [-0.25, -0.2) is 9.97 Å². The normalized spacial score (nSPS) is 10.2. The summed E-state index contributed by atoms with van der Waals surface area (Å²) in [4.78, 5) is 20.1. The van der Waals surface area contributed by atoms with Crippen LogP contribution in [0.4, 0.5) is 5.82 Å². The lowest BCUT2D eigenvalue weighted by atomic mass is 10.1. The summed E-state index contributed by atoms with van der Waals surface area (Å²) in [6.07, 6.45) is 2.22. The fourth-order valence-electron chi connectivity index (χ4n) is 2.12. The molecular weight excluding hydrogens is 336 g/mol. The van der Waals surface area contributed by atoms with Crippen LogP contribution >= 0.6 is 11.8 Å². The van der Waals surface area contributed by atoms with Crippen molar-refractivity contribution in [1.82, 2.24) is 9.97 Å². The van der Waals surface area contributed by atoms with Crippen LogP contribution in [0.15, 0.2) is 29.4 Å². The minimum atomic E-state index is -0.254. The largest absolute Gasteiger partial charge is 0.464 e. The SMILES string of the molecule is CCC(=O)OCCNc1nc(SC)nc(-c2ccc(C)cc2)c1C#N. The van der Waals surface area contributed by atoms with Gasteiger partial charge in [-0.3, -0.25) is 4.79 Å². The van der Waals surface area contributed by atoms with Crippen molar-refractivity contribution in [2.24, 2.45) is 0 Å². The first-order chi connectivity index (χ1) is 12.1. The van der Waals surface area contributed by atoms with E-state index in [0.717, 1.165) is 11.1 Å². The van der Waals surface area contributed by atoms with Crippen molar-refractivity contribution < 1.29 is 9.53 Å². The molecule has 0 aliphatic carbocycles. The van der Waals surface area contributed by atoms with Crippen molar-refractivity contribution in [3.05, 3.63) is 35.4 Å². The molecule has 0 saturated heterocycles. The van der Waals surface area contributed by atoms with Gasteiger partial charge in [0, 0.05) is 12.0 Å². The molecule has 130 valence electrons. The van der Waals surface area contributed by atoms with Crippen LogP contribution in [0.1, 0.15) is 24.5 Å². The highest BCUT2D eigenvalue weighted by Gasteiger charge is 2.15. The first kappa shape index (κ1) is 18.7. The van der Waals surface area contributed by atoms with Crippen LogP contribution in [0.25, 0.3) is 11.3 Å². The first-order valence-corrected chi connectivity index (χ1v) is 9.14. The summed E-state index contributed by atoms with van der Waals surface area (Å²) >= 11 is 1.40. The van der Waals surface area contributed by atoms with Crippen molar-refractivity contribution >= 4 is 23.5 Å². The number of thioether (sulfide) groups is 1. The minimum Gasteiger partial charge on any atom is -0.464 e. The molecule has 0 unspecified atom stereocenters. The quantitative estimate of drug-likeness (QED) is 0.352. The maximum absolute atomic E-state index is 11.2. The smallest absolute Gasteiger partial charge is 0.305 e. The Morgan fingerprint density at radius 2 is 2.04 bits per heavy atom. The number of hydrogen-bond acceptors (Lipinski definition) is 7. The van der Waals surface area contributed by atoms with Gasteiger partial charge in [0.05, 0.1) is 12.2 Å². The molecule has 0 aliphatic rings. The number of esters is 1. The van der Waals surface area contributed by atoms with E-state index < -0.39 is 0 Å². The number of ether oxygens (including phenoxy) is 1. The summed E-state index contributed by atoms with van der Waals surface area (Å²) in [5, 5.41) is 13.2. The first-order valence-electron chi connectivity index (χ1n) is 7.91. The van der Waals surface area contributed by atoms with Gasteiger partial charge in [0.25, 0.3) is 0 Å². The maximum Gasteiger partial charge on any atom is 0.305 e. The number of benzene rings is 1. The minimum absolute atomic E-state index is 0.218. The average Bonchev–Trinajstić information content (AvgIpc) is 2.64. The molecule has 0 saturated carbocycles. The molecule has 0 radical (unpaired) electrons. The highest BCUT2D eigenvalue weighted by Crippen LogP contribution is 2.28. The van der Waals surface area contributed by atoms with Crippen LogP contribution in [-0.4, -0.2) is 35.3 Å². The molecule has 1 aromatic heterocycles. The predicted molar refractivity (Wildman–Crippen MR) is 98.4 cm³/mol. The van der Waals surface area contributed by atoms with E-state index in [1.54, 1.807) is 6.92 Å². The fraction of sp³-hybridized carbons (Fsp3) is 0.333. The highest BCUT2D eigenvalue weighted by molar-refractivity contribution is 7.98. The van der Waals surface area contributed by atoms with Gasteiger partial charge in [-0.05, 0) is 13.2 Å². The number of carbonyl (C=O) groups excluding carboxylic acids is 1. The number of hydrogen-bond donors (Lipinski definition) is 1. The van der Waals surface area contributed by atoms with E-state index in [4.69, 9.17) is 4.74 Å². The molecule has 0 fully saturated rings.